The van der Waals surface area contributed by atoms with Crippen molar-refractivity contribution in [3.05, 3.63) is 28.7 Å². The first-order valence-corrected chi connectivity index (χ1v) is 4.02. The van der Waals surface area contributed by atoms with Crippen LogP contribution in [0.4, 0.5) is 5.69 Å². The maximum Gasteiger partial charge on any atom is 0.274 e. The highest BCUT2D eigenvalue weighted by Crippen LogP contribution is 1.96. The highest BCUT2D eigenvalue weighted by Gasteiger charge is 2.01. The van der Waals surface area contributed by atoms with E-state index in [1.54, 1.807) is 25.4 Å². The van der Waals surface area contributed by atoms with Crippen LogP contribution in [0.5, 0.6) is 0 Å². The van der Waals surface area contributed by atoms with E-state index in [0.717, 1.165) is 0 Å². The summed E-state index contributed by atoms with van der Waals surface area (Å²) in [5.41, 5.74) is 0.337. The van der Waals surface area contributed by atoms with Crippen LogP contribution in [0, 0.1) is 0 Å². The number of carbonyl (C=O) groups is 1. The molecule has 0 fully saturated rings. The summed E-state index contributed by atoms with van der Waals surface area (Å²) < 4.78 is 1.38. The minimum atomic E-state index is -0.166. The molecule has 0 saturated carbocycles. The number of aromatic nitrogens is 1. The fraction of sp³-hybridized carbons (Fsp3) is 0.333. The molecule has 0 unspecified atom stereocenters. The van der Waals surface area contributed by atoms with Crippen molar-refractivity contribution in [2.45, 2.75) is 13.5 Å². The first kappa shape index (κ1) is 9.51. The van der Waals surface area contributed by atoms with Crippen molar-refractivity contribution in [1.29, 1.82) is 0 Å². The molecule has 0 amide bonds. The average molecular weight is 180 g/mol. The molecule has 1 aromatic heterocycles. The van der Waals surface area contributed by atoms with E-state index in [2.05, 4.69) is 5.32 Å². The highest BCUT2D eigenvalue weighted by molar-refractivity contribution is 5.75. The van der Waals surface area contributed by atoms with Crippen molar-refractivity contribution in [1.82, 2.24) is 4.57 Å². The zero-order chi connectivity index (χ0) is 9.84. The topological polar surface area (TPSA) is 51.1 Å². The summed E-state index contributed by atoms with van der Waals surface area (Å²) in [5, 5.41) is 2.76. The number of pyridine rings is 1. The number of nitrogens with one attached hydrogen (secondary N) is 1. The van der Waals surface area contributed by atoms with Crippen molar-refractivity contribution >= 4 is 11.5 Å². The zero-order valence-electron chi connectivity index (χ0n) is 7.70. The van der Waals surface area contributed by atoms with Crippen LogP contribution >= 0.6 is 0 Å². The van der Waals surface area contributed by atoms with Gasteiger partial charge in [-0.1, -0.05) is 0 Å². The van der Waals surface area contributed by atoms with Crippen LogP contribution in [0.1, 0.15) is 6.92 Å². The first-order valence-electron chi connectivity index (χ1n) is 4.02. The van der Waals surface area contributed by atoms with E-state index < -0.39 is 0 Å². The number of ketones is 1. The average Bonchev–Trinajstić information content (AvgIpc) is 2.08. The second kappa shape index (κ2) is 3.89. The summed E-state index contributed by atoms with van der Waals surface area (Å²) in [5.74, 6) is -0.0321. The second-order valence-electron chi connectivity index (χ2n) is 2.81. The van der Waals surface area contributed by atoms with Gasteiger partial charge in [0.2, 0.25) is 0 Å². The molecule has 1 heterocycles. The highest BCUT2D eigenvalue weighted by atomic mass is 16.1. The van der Waals surface area contributed by atoms with Gasteiger partial charge in [-0.3, -0.25) is 9.59 Å². The number of carbonyl (C=O) groups excluding carboxylic acids is 1. The Morgan fingerprint density at radius 3 is 2.85 bits per heavy atom. The smallest absolute Gasteiger partial charge is 0.274 e. The molecule has 0 saturated heterocycles. The fourth-order valence-corrected chi connectivity index (χ4v) is 1.09. The summed E-state index contributed by atoms with van der Waals surface area (Å²) >= 11 is 0. The van der Waals surface area contributed by atoms with E-state index in [9.17, 15) is 9.59 Å². The second-order valence-corrected chi connectivity index (χ2v) is 2.81. The Labute approximate surface area is 76.2 Å². The Morgan fingerprint density at radius 2 is 2.31 bits per heavy atom. The van der Waals surface area contributed by atoms with E-state index >= 15 is 0 Å². The van der Waals surface area contributed by atoms with Crippen LogP contribution in [0.15, 0.2) is 23.1 Å². The Balaban J connectivity index is 3.09. The Kier molecular flexibility index (Phi) is 2.84. The molecule has 1 rings (SSSR count). The number of rotatable bonds is 3. The Bertz CT molecular complexity index is 368. The molecule has 0 spiro atoms. The predicted molar refractivity (Wildman–Crippen MR) is 50.9 cm³/mol. The van der Waals surface area contributed by atoms with Gasteiger partial charge in [0, 0.05) is 13.2 Å². The fourth-order valence-electron chi connectivity index (χ4n) is 1.09. The lowest BCUT2D eigenvalue weighted by molar-refractivity contribution is -0.117. The number of Topliss-reactive ketones (excluding diaryl/α,β-unsaturated/α-hetero) is 1. The van der Waals surface area contributed by atoms with E-state index in [0.29, 0.717) is 5.69 Å². The van der Waals surface area contributed by atoms with Gasteiger partial charge >= 0.3 is 0 Å². The van der Waals surface area contributed by atoms with Crippen molar-refractivity contribution in [3.8, 4) is 0 Å². The van der Waals surface area contributed by atoms with Crippen molar-refractivity contribution < 1.29 is 4.79 Å². The molecule has 0 atom stereocenters. The van der Waals surface area contributed by atoms with Crippen LogP contribution in [0.2, 0.25) is 0 Å². The molecule has 0 aromatic carbocycles. The molecule has 4 heteroatoms. The van der Waals surface area contributed by atoms with Gasteiger partial charge in [0.15, 0.2) is 0 Å². The summed E-state index contributed by atoms with van der Waals surface area (Å²) in [6.07, 6.45) is 1.60. The van der Waals surface area contributed by atoms with Gasteiger partial charge in [0.25, 0.3) is 5.56 Å². The largest absolute Gasteiger partial charge is 0.384 e. The minimum absolute atomic E-state index is 0.0321. The molecule has 0 aliphatic carbocycles. The summed E-state index contributed by atoms with van der Waals surface area (Å²) in [4.78, 5) is 22.3. The van der Waals surface area contributed by atoms with E-state index in [1.807, 2.05) is 0 Å². The molecule has 1 aromatic rings. The monoisotopic (exact) mass is 180 g/mol. The normalized spacial score (nSPS) is 9.69. The lowest BCUT2D eigenvalue weighted by Crippen LogP contribution is -2.24. The van der Waals surface area contributed by atoms with Crippen LogP contribution in [0.25, 0.3) is 0 Å². The van der Waals surface area contributed by atoms with Gasteiger partial charge < -0.3 is 9.88 Å². The predicted octanol–water partition coefficient (Wildman–Crippen LogP) is 0.479. The maximum atomic E-state index is 11.5. The lowest BCUT2D eigenvalue weighted by Gasteiger charge is -2.04. The molecule has 13 heavy (non-hydrogen) atoms. The minimum Gasteiger partial charge on any atom is -0.384 e. The molecular formula is C9H12N2O2. The molecule has 1 N–H and O–H groups in total. The summed E-state index contributed by atoms with van der Waals surface area (Å²) in [7, 11) is 1.68. The van der Waals surface area contributed by atoms with Gasteiger partial charge in [0.05, 0.1) is 6.54 Å². The Hall–Kier alpha value is -1.58. The number of anilines is 1. The molecular weight excluding hydrogens is 168 g/mol. The zero-order valence-corrected chi connectivity index (χ0v) is 7.70. The maximum absolute atomic E-state index is 11.5. The third-order valence-corrected chi connectivity index (χ3v) is 1.68. The van der Waals surface area contributed by atoms with Crippen molar-refractivity contribution in [2.75, 3.05) is 12.4 Å². The van der Waals surface area contributed by atoms with Crippen LogP contribution in [-0.4, -0.2) is 17.4 Å². The number of hydrogen-bond donors (Lipinski definition) is 1. The van der Waals surface area contributed by atoms with Gasteiger partial charge in [-0.05, 0) is 19.1 Å². The SMILES string of the molecule is CNc1cccn(CC(C)=O)c1=O. The quantitative estimate of drug-likeness (QED) is 0.736. The molecule has 70 valence electrons. The van der Waals surface area contributed by atoms with Gasteiger partial charge in [-0.15, -0.1) is 0 Å². The third-order valence-electron chi connectivity index (χ3n) is 1.68. The molecule has 0 aliphatic rings. The van der Waals surface area contributed by atoms with Crippen molar-refractivity contribution in [3.63, 3.8) is 0 Å². The lowest BCUT2D eigenvalue weighted by atomic mass is 10.3. The van der Waals surface area contributed by atoms with Gasteiger partial charge in [-0.2, -0.15) is 0 Å². The first-order chi connectivity index (χ1) is 6.15. The van der Waals surface area contributed by atoms with Gasteiger partial charge in [0.1, 0.15) is 11.5 Å². The van der Waals surface area contributed by atoms with Gasteiger partial charge in [-0.25, -0.2) is 0 Å². The number of nitrogens with zero attached hydrogens (tertiary/aromatic N) is 1. The van der Waals surface area contributed by atoms with Crippen LogP contribution < -0.4 is 10.9 Å². The summed E-state index contributed by atoms with van der Waals surface area (Å²) in [6, 6.07) is 3.41. The molecule has 0 radical (unpaired) electrons. The Morgan fingerprint density at radius 1 is 1.62 bits per heavy atom. The standard InChI is InChI=1S/C9H12N2O2/c1-7(12)6-11-5-3-4-8(10-2)9(11)13/h3-5,10H,6H2,1-2H3. The molecule has 0 bridgehead atoms. The van der Waals surface area contributed by atoms with E-state index in [4.69, 9.17) is 0 Å². The number of hydrogen-bond acceptors (Lipinski definition) is 3. The van der Waals surface area contributed by atoms with Crippen LogP contribution in [0.3, 0.4) is 0 Å². The summed E-state index contributed by atoms with van der Waals surface area (Å²) in [6.45, 7) is 1.59. The van der Waals surface area contributed by atoms with Crippen molar-refractivity contribution in [2.24, 2.45) is 0 Å². The molecule has 0 aliphatic heterocycles. The third kappa shape index (κ3) is 2.18. The van der Waals surface area contributed by atoms with E-state index in [1.165, 1.54) is 11.5 Å². The molecule has 4 nitrogen and oxygen atoms in total. The van der Waals surface area contributed by atoms with E-state index in [-0.39, 0.29) is 17.9 Å². The van der Waals surface area contributed by atoms with Crippen LogP contribution in [-0.2, 0) is 11.3 Å².